The Hall–Kier alpha value is -3.86. The maximum Gasteiger partial charge on any atom is 0.340 e. The van der Waals surface area contributed by atoms with E-state index in [0.717, 1.165) is 0 Å². The number of ether oxygens (including phenoxy) is 1. The van der Waals surface area contributed by atoms with Crippen molar-refractivity contribution < 1.29 is 19.1 Å². The summed E-state index contributed by atoms with van der Waals surface area (Å²) in [4.78, 5) is 36.1. The number of hydrogen-bond donors (Lipinski definition) is 3. The SMILES string of the molecule is CC(C)NC(=O)Nc1ccccc1C(=O)OCC(=O)Nc1cccc(C#N)c1. The van der Waals surface area contributed by atoms with Crippen LogP contribution in [0.4, 0.5) is 16.2 Å². The number of anilines is 2. The monoisotopic (exact) mass is 380 g/mol. The summed E-state index contributed by atoms with van der Waals surface area (Å²) < 4.78 is 5.03. The Labute approximate surface area is 162 Å². The Bertz CT molecular complexity index is 918. The maximum atomic E-state index is 12.3. The Morgan fingerprint density at radius 3 is 2.54 bits per heavy atom. The molecule has 0 aliphatic rings. The van der Waals surface area contributed by atoms with Gasteiger partial charge in [-0.15, -0.1) is 0 Å². The van der Waals surface area contributed by atoms with Crippen molar-refractivity contribution in [2.45, 2.75) is 19.9 Å². The maximum absolute atomic E-state index is 12.3. The smallest absolute Gasteiger partial charge is 0.340 e. The van der Waals surface area contributed by atoms with Crippen LogP contribution < -0.4 is 16.0 Å². The van der Waals surface area contributed by atoms with Crippen molar-refractivity contribution in [3.63, 3.8) is 0 Å². The molecule has 0 fully saturated rings. The number of para-hydroxylation sites is 1. The van der Waals surface area contributed by atoms with Crippen LogP contribution in [0.5, 0.6) is 0 Å². The second-order valence-corrected chi connectivity index (χ2v) is 6.12. The predicted molar refractivity (Wildman–Crippen MR) is 104 cm³/mol. The zero-order chi connectivity index (χ0) is 20.5. The van der Waals surface area contributed by atoms with Gasteiger partial charge < -0.3 is 20.7 Å². The van der Waals surface area contributed by atoms with Gasteiger partial charge in [0.05, 0.1) is 22.9 Å². The predicted octanol–water partition coefficient (Wildman–Crippen LogP) is 2.88. The van der Waals surface area contributed by atoms with E-state index in [2.05, 4.69) is 16.0 Å². The van der Waals surface area contributed by atoms with Crippen LogP contribution in [0.2, 0.25) is 0 Å². The van der Waals surface area contributed by atoms with Gasteiger partial charge in [-0.25, -0.2) is 9.59 Å². The van der Waals surface area contributed by atoms with Crippen molar-refractivity contribution in [2.75, 3.05) is 17.2 Å². The lowest BCUT2D eigenvalue weighted by molar-refractivity contribution is -0.119. The molecule has 0 aliphatic carbocycles. The van der Waals surface area contributed by atoms with Crippen molar-refractivity contribution in [2.24, 2.45) is 0 Å². The quantitative estimate of drug-likeness (QED) is 0.666. The van der Waals surface area contributed by atoms with Crippen LogP contribution in [-0.4, -0.2) is 30.6 Å². The number of esters is 1. The third-order valence-corrected chi connectivity index (χ3v) is 3.42. The molecule has 0 unspecified atom stereocenters. The van der Waals surface area contributed by atoms with Crippen molar-refractivity contribution >= 4 is 29.3 Å². The van der Waals surface area contributed by atoms with E-state index in [1.807, 2.05) is 19.9 Å². The first-order valence-electron chi connectivity index (χ1n) is 8.52. The van der Waals surface area contributed by atoms with Gasteiger partial charge in [0.15, 0.2) is 6.61 Å². The molecule has 28 heavy (non-hydrogen) atoms. The standard InChI is InChI=1S/C20H20N4O4/c1-13(2)22-20(27)24-17-9-4-3-8-16(17)19(26)28-12-18(25)23-15-7-5-6-14(10-15)11-21/h3-10,13H,12H2,1-2H3,(H,23,25)(H2,22,24,27). The summed E-state index contributed by atoms with van der Waals surface area (Å²) in [5.41, 5.74) is 1.22. The molecule has 0 aromatic heterocycles. The third kappa shape index (κ3) is 6.14. The highest BCUT2D eigenvalue weighted by Crippen LogP contribution is 2.16. The van der Waals surface area contributed by atoms with E-state index in [0.29, 0.717) is 11.3 Å². The highest BCUT2D eigenvalue weighted by atomic mass is 16.5. The number of benzene rings is 2. The molecule has 8 nitrogen and oxygen atoms in total. The van der Waals surface area contributed by atoms with Gasteiger partial charge in [-0.3, -0.25) is 4.79 Å². The highest BCUT2D eigenvalue weighted by Gasteiger charge is 2.16. The molecule has 0 heterocycles. The van der Waals surface area contributed by atoms with E-state index in [9.17, 15) is 14.4 Å². The van der Waals surface area contributed by atoms with Gasteiger partial charge in [0.1, 0.15) is 0 Å². The molecule has 0 bridgehead atoms. The molecule has 0 saturated heterocycles. The van der Waals surface area contributed by atoms with Crippen molar-refractivity contribution in [3.8, 4) is 6.07 Å². The van der Waals surface area contributed by atoms with Gasteiger partial charge in [0, 0.05) is 11.7 Å². The van der Waals surface area contributed by atoms with Gasteiger partial charge in [0.25, 0.3) is 5.91 Å². The first-order valence-corrected chi connectivity index (χ1v) is 8.52. The summed E-state index contributed by atoms with van der Waals surface area (Å²) in [6.07, 6.45) is 0. The normalized spacial score (nSPS) is 9.93. The minimum absolute atomic E-state index is 0.0673. The van der Waals surface area contributed by atoms with Gasteiger partial charge >= 0.3 is 12.0 Å². The summed E-state index contributed by atoms with van der Waals surface area (Å²) in [5.74, 6) is -1.30. The number of carbonyl (C=O) groups excluding carboxylic acids is 3. The van der Waals surface area contributed by atoms with E-state index in [4.69, 9.17) is 10.00 Å². The van der Waals surface area contributed by atoms with Crippen LogP contribution in [0, 0.1) is 11.3 Å². The Balaban J connectivity index is 1.96. The Morgan fingerprint density at radius 1 is 1.07 bits per heavy atom. The Morgan fingerprint density at radius 2 is 1.82 bits per heavy atom. The number of hydrogen-bond acceptors (Lipinski definition) is 5. The van der Waals surface area contributed by atoms with Crippen molar-refractivity contribution in [1.82, 2.24) is 5.32 Å². The number of carbonyl (C=O) groups is 3. The van der Waals surface area contributed by atoms with Crippen LogP contribution in [0.15, 0.2) is 48.5 Å². The van der Waals surface area contributed by atoms with E-state index in [1.165, 1.54) is 12.1 Å². The van der Waals surface area contributed by atoms with Gasteiger partial charge in [-0.1, -0.05) is 18.2 Å². The fourth-order valence-corrected chi connectivity index (χ4v) is 2.26. The topological polar surface area (TPSA) is 120 Å². The Kier molecular flexibility index (Phi) is 7.11. The molecule has 0 saturated carbocycles. The molecular formula is C20H20N4O4. The number of nitriles is 1. The van der Waals surface area contributed by atoms with Gasteiger partial charge in [0.2, 0.25) is 0 Å². The van der Waals surface area contributed by atoms with Crippen molar-refractivity contribution in [3.05, 3.63) is 59.7 Å². The number of nitrogens with one attached hydrogen (secondary N) is 3. The lowest BCUT2D eigenvalue weighted by atomic mass is 10.2. The summed E-state index contributed by atoms with van der Waals surface area (Å²) >= 11 is 0. The van der Waals surface area contributed by atoms with Crippen LogP contribution in [-0.2, 0) is 9.53 Å². The zero-order valence-electron chi connectivity index (χ0n) is 15.5. The van der Waals surface area contributed by atoms with Crippen LogP contribution in [0.25, 0.3) is 0 Å². The first-order chi connectivity index (χ1) is 13.4. The zero-order valence-corrected chi connectivity index (χ0v) is 15.5. The molecule has 2 aromatic rings. The molecule has 0 aliphatic heterocycles. The van der Waals surface area contributed by atoms with Crippen LogP contribution >= 0.6 is 0 Å². The van der Waals surface area contributed by atoms with Crippen molar-refractivity contribution in [1.29, 1.82) is 5.26 Å². The molecule has 2 aromatic carbocycles. The van der Waals surface area contributed by atoms with Crippen LogP contribution in [0.1, 0.15) is 29.8 Å². The third-order valence-electron chi connectivity index (χ3n) is 3.42. The molecular weight excluding hydrogens is 360 g/mol. The molecule has 144 valence electrons. The second-order valence-electron chi connectivity index (χ2n) is 6.12. The number of urea groups is 1. The second kappa shape index (κ2) is 9.73. The molecule has 0 spiro atoms. The average molecular weight is 380 g/mol. The summed E-state index contributed by atoms with van der Waals surface area (Å²) in [5, 5.41) is 16.6. The van der Waals surface area contributed by atoms with E-state index < -0.39 is 24.5 Å². The highest BCUT2D eigenvalue weighted by molar-refractivity contribution is 6.02. The number of amides is 3. The minimum Gasteiger partial charge on any atom is -0.452 e. The van der Waals surface area contributed by atoms with E-state index in [1.54, 1.807) is 36.4 Å². The fraction of sp³-hybridized carbons (Fsp3) is 0.200. The number of rotatable bonds is 6. The molecule has 2 rings (SSSR count). The fourth-order valence-electron chi connectivity index (χ4n) is 2.26. The first kappa shape index (κ1) is 20.5. The summed E-state index contributed by atoms with van der Waals surface area (Å²) in [6, 6.07) is 14.1. The van der Waals surface area contributed by atoms with Gasteiger partial charge in [-0.05, 0) is 44.2 Å². The molecule has 0 atom stereocenters. The minimum atomic E-state index is -0.749. The average Bonchev–Trinajstić information content (AvgIpc) is 2.66. The van der Waals surface area contributed by atoms with Crippen LogP contribution in [0.3, 0.4) is 0 Å². The largest absolute Gasteiger partial charge is 0.452 e. The molecule has 8 heteroatoms. The molecule has 3 N–H and O–H groups in total. The van der Waals surface area contributed by atoms with E-state index in [-0.39, 0.29) is 17.3 Å². The van der Waals surface area contributed by atoms with Gasteiger partial charge in [-0.2, -0.15) is 5.26 Å². The van der Waals surface area contributed by atoms with E-state index >= 15 is 0 Å². The molecule has 3 amide bonds. The summed E-state index contributed by atoms with van der Waals surface area (Å²) in [6.45, 7) is 3.11. The molecule has 0 radical (unpaired) electrons. The number of nitrogens with zero attached hydrogens (tertiary/aromatic N) is 1. The lowest BCUT2D eigenvalue weighted by Gasteiger charge is -2.13. The lowest BCUT2D eigenvalue weighted by Crippen LogP contribution is -2.34. The summed E-state index contributed by atoms with van der Waals surface area (Å²) in [7, 11) is 0.